The molecule has 1 aliphatic rings. The smallest absolute Gasteiger partial charge is 0.217 e. The van der Waals surface area contributed by atoms with Crippen molar-refractivity contribution in [3.8, 4) is 0 Å². The SMILES string of the molecule is CC(C)=C/N=C1/OCC(C)C/C1=C/N. The highest BCUT2D eigenvalue weighted by molar-refractivity contribution is 5.94. The Morgan fingerprint density at radius 3 is 2.86 bits per heavy atom. The summed E-state index contributed by atoms with van der Waals surface area (Å²) in [5.41, 5.74) is 7.67. The number of hydrogen-bond acceptors (Lipinski definition) is 3. The van der Waals surface area contributed by atoms with Crippen LogP contribution in [-0.2, 0) is 4.74 Å². The van der Waals surface area contributed by atoms with Crippen molar-refractivity contribution in [1.29, 1.82) is 0 Å². The molecule has 0 radical (unpaired) electrons. The Morgan fingerprint density at radius 2 is 2.29 bits per heavy atom. The number of allylic oxidation sites excluding steroid dienone is 1. The fourth-order valence-corrected chi connectivity index (χ4v) is 1.28. The predicted octanol–water partition coefficient (Wildman–Crippen LogP) is 2.21. The summed E-state index contributed by atoms with van der Waals surface area (Å²) < 4.78 is 5.50. The molecule has 1 aliphatic heterocycles. The highest BCUT2D eigenvalue weighted by Gasteiger charge is 2.19. The van der Waals surface area contributed by atoms with Gasteiger partial charge in [-0.25, -0.2) is 4.99 Å². The number of ether oxygens (including phenoxy) is 1. The molecule has 0 aliphatic carbocycles. The van der Waals surface area contributed by atoms with Gasteiger partial charge in [0, 0.05) is 18.0 Å². The molecule has 0 aromatic heterocycles. The normalized spacial score (nSPS) is 27.5. The molecule has 3 heteroatoms. The molecule has 0 aromatic rings. The molecule has 3 nitrogen and oxygen atoms in total. The first-order chi connectivity index (χ1) is 6.63. The van der Waals surface area contributed by atoms with E-state index in [1.165, 1.54) is 0 Å². The van der Waals surface area contributed by atoms with Crippen LogP contribution in [0.1, 0.15) is 27.2 Å². The Bertz CT molecular complexity index is 286. The van der Waals surface area contributed by atoms with E-state index in [1.54, 1.807) is 12.4 Å². The van der Waals surface area contributed by atoms with Crippen LogP contribution >= 0.6 is 0 Å². The van der Waals surface area contributed by atoms with Gasteiger partial charge in [0.2, 0.25) is 5.90 Å². The van der Waals surface area contributed by atoms with Gasteiger partial charge in [-0.15, -0.1) is 0 Å². The molecule has 0 aromatic carbocycles. The van der Waals surface area contributed by atoms with Crippen molar-refractivity contribution in [2.75, 3.05) is 6.61 Å². The van der Waals surface area contributed by atoms with Crippen LogP contribution in [-0.4, -0.2) is 12.5 Å². The van der Waals surface area contributed by atoms with E-state index in [0.29, 0.717) is 11.8 Å². The van der Waals surface area contributed by atoms with Gasteiger partial charge < -0.3 is 10.5 Å². The lowest BCUT2D eigenvalue weighted by atomic mass is 10.00. The van der Waals surface area contributed by atoms with Crippen molar-refractivity contribution in [1.82, 2.24) is 0 Å². The van der Waals surface area contributed by atoms with Gasteiger partial charge in [0.1, 0.15) is 0 Å². The molecule has 1 fully saturated rings. The maximum Gasteiger partial charge on any atom is 0.217 e. The Balaban J connectivity index is 2.78. The summed E-state index contributed by atoms with van der Waals surface area (Å²) in [6.07, 6.45) is 4.34. The van der Waals surface area contributed by atoms with Gasteiger partial charge in [-0.05, 0) is 26.2 Å². The largest absolute Gasteiger partial charge is 0.477 e. The lowest BCUT2D eigenvalue weighted by Crippen LogP contribution is -2.23. The summed E-state index contributed by atoms with van der Waals surface area (Å²) in [7, 11) is 0. The highest BCUT2D eigenvalue weighted by Crippen LogP contribution is 2.19. The van der Waals surface area contributed by atoms with Crippen molar-refractivity contribution < 1.29 is 4.74 Å². The monoisotopic (exact) mass is 194 g/mol. The van der Waals surface area contributed by atoms with E-state index >= 15 is 0 Å². The zero-order valence-corrected chi connectivity index (χ0v) is 9.08. The zero-order valence-electron chi connectivity index (χ0n) is 9.08. The molecule has 1 saturated heterocycles. The van der Waals surface area contributed by atoms with E-state index in [9.17, 15) is 0 Å². The first kappa shape index (κ1) is 10.8. The second-order valence-corrected chi connectivity index (χ2v) is 3.95. The van der Waals surface area contributed by atoms with Gasteiger partial charge in [0.05, 0.1) is 6.61 Å². The van der Waals surface area contributed by atoms with Gasteiger partial charge in [-0.3, -0.25) is 0 Å². The van der Waals surface area contributed by atoms with Crippen LogP contribution in [0.15, 0.2) is 28.5 Å². The maximum atomic E-state index is 5.52. The third-order valence-corrected chi connectivity index (χ3v) is 1.99. The van der Waals surface area contributed by atoms with Gasteiger partial charge in [0.25, 0.3) is 0 Å². The fraction of sp³-hybridized carbons (Fsp3) is 0.545. The quantitative estimate of drug-likeness (QED) is 0.695. The molecule has 1 rings (SSSR count). The number of nitrogens with two attached hydrogens (primary N) is 1. The second-order valence-electron chi connectivity index (χ2n) is 3.95. The van der Waals surface area contributed by atoms with E-state index in [2.05, 4.69) is 11.9 Å². The molecule has 78 valence electrons. The van der Waals surface area contributed by atoms with Crippen LogP contribution < -0.4 is 5.73 Å². The molecular formula is C11H18N2O. The van der Waals surface area contributed by atoms with Crippen LogP contribution in [0.25, 0.3) is 0 Å². The van der Waals surface area contributed by atoms with Gasteiger partial charge in [-0.2, -0.15) is 0 Å². The molecule has 0 saturated carbocycles. The third kappa shape index (κ3) is 2.91. The summed E-state index contributed by atoms with van der Waals surface area (Å²) in [4.78, 5) is 4.25. The van der Waals surface area contributed by atoms with Crippen LogP contribution in [0.3, 0.4) is 0 Å². The summed E-state index contributed by atoms with van der Waals surface area (Å²) in [6.45, 7) is 6.87. The first-order valence-electron chi connectivity index (χ1n) is 4.88. The van der Waals surface area contributed by atoms with Crippen molar-refractivity contribution >= 4 is 5.90 Å². The summed E-state index contributed by atoms with van der Waals surface area (Å²) in [5, 5.41) is 0. The summed E-state index contributed by atoms with van der Waals surface area (Å²) in [5.74, 6) is 1.20. The summed E-state index contributed by atoms with van der Waals surface area (Å²) in [6, 6.07) is 0. The molecule has 1 unspecified atom stereocenters. The van der Waals surface area contributed by atoms with E-state index in [1.807, 2.05) is 13.8 Å². The van der Waals surface area contributed by atoms with Gasteiger partial charge >= 0.3 is 0 Å². The Morgan fingerprint density at radius 1 is 1.57 bits per heavy atom. The van der Waals surface area contributed by atoms with Crippen LogP contribution in [0, 0.1) is 5.92 Å². The van der Waals surface area contributed by atoms with E-state index in [4.69, 9.17) is 10.5 Å². The standard InChI is InChI=1S/C11H18N2O/c1-8(2)6-13-11-10(5-12)4-9(3)7-14-11/h5-6,9H,4,7,12H2,1-3H3/b10-5-,13-11+. The zero-order chi connectivity index (χ0) is 10.6. The first-order valence-corrected chi connectivity index (χ1v) is 4.88. The molecule has 2 N–H and O–H groups in total. The predicted molar refractivity (Wildman–Crippen MR) is 58.9 cm³/mol. The van der Waals surface area contributed by atoms with Gasteiger partial charge in [0.15, 0.2) is 0 Å². The topological polar surface area (TPSA) is 47.6 Å². The van der Waals surface area contributed by atoms with Crippen LogP contribution in [0.2, 0.25) is 0 Å². The molecular weight excluding hydrogens is 176 g/mol. The molecule has 14 heavy (non-hydrogen) atoms. The number of rotatable bonds is 1. The number of hydrogen-bond donors (Lipinski definition) is 1. The molecule has 0 spiro atoms. The van der Waals surface area contributed by atoms with Crippen molar-refractivity contribution in [3.63, 3.8) is 0 Å². The Kier molecular flexibility index (Phi) is 3.74. The summed E-state index contributed by atoms with van der Waals surface area (Å²) >= 11 is 0. The molecule has 0 amide bonds. The Hall–Kier alpha value is -1.25. The average Bonchev–Trinajstić information content (AvgIpc) is 2.15. The van der Waals surface area contributed by atoms with E-state index < -0.39 is 0 Å². The number of nitrogens with zero attached hydrogens (tertiary/aromatic N) is 1. The average molecular weight is 194 g/mol. The second kappa shape index (κ2) is 4.84. The van der Waals surface area contributed by atoms with Gasteiger partial charge in [-0.1, -0.05) is 12.5 Å². The fourth-order valence-electron chi connectivity index (χ4n) is 1.28. The van der Waals surface area contributed by atoms with E-state index in [0.717, 1.165) is 24.2 Å². The van der Waals surface area contributed by atoms with Crippen LogP contribution in [0.4, 0.5) is 0 Å². The molecule has 1 atom stereocenters. The Labute approximate surface area is 85.4 Å². The maximum absolute atomic E-state index is 5.52. The molecule has 0 bridgehead atoms. The lowest BCUT2D eigenvalue weighted by Gasteiger charge is -2.22. The van der Waals surface area contributed by atoms with Crippen LogP contribution in [0.5, 0.6) is 0 Å². The lowest BCUT2D eigenvalue weighted by molar-refractivity contribution is 0.227. The minimum absolute atomic E-state index is 0.524. The minimum atomic E-state index is 0.524. The third-order valence-electron chi connectivity index (χ3n) is 1.99. The van der Waals surface area contributed by atoms with Crippen molar-refractivity contribution in [2.45, 2.75) is 27.2 Å². The van der Waals surface area contributed by atoms with Crippen molar-refractivity contribution in [3.05, 3.63) is 23.5 Å². The van der Waals surface area contributed by atoms with Crippen molar-refractivity contribution in [2.24, 2.45) is 16.6 Å². The number of aliphatic imine (C=N–C) groups is 1. The minimum Gasteiger partial charge on any atom is -0.477 e. The molecule has 1 heterocycles. The van der Waals surface area contributed by atoms with E-state index in [-0.39, 0.29) is 0 Å². The highest BCUT2D eigenvalue weighted by atomic mass is 16.5.